The Morgan fingerprint density at radius 2 is 1.78 bits per heavy atom. The lowest BCUT2D eigenvalue weighted by atomic mass is 9.77. The Balaban J connectivity index is 1.40. The fourth-order valence-electron chi connectivity index (χ4n) is 7.96. The van der Waals surface area contributed by atoms with Gasteiger partial charge in [0.15, 0.2) is 12.2 Å². The Bertz CT molecular complexity index is 2060. The smallest absolute Gasteiger partial charge is 0.227 e. The number of hydrogen-bond acceptors (Lipinski definition) is 3. The zero-order chi connectivity index (χ0) is 32.5. The van der Waals surface area contributed by atoms with Crippen molar-refractivity contribution >= 4 is 41.0 Å². The van der Waals surface area contributed by atoms with Crippen LogP contribution in [0.25, 0.3) is 33.3 Å². The first kappa shape index (κ1) is 30.8. The van der Waals surface area contributed by atoms with E-state index in [0.29, 0.717) is 11.6 Å². The van der Waals surface area contributed by atoms with Gasteiger partial charge in [0.2, 0.25) is 11.4 Å². The summed E-state index contributed by atoms with van der Waals surface area (Å²) in [6, 6.07) is 20.7. The molecule has 2 aliphatic heterocycles. The standard InChI is InChI=1S/C41H48N3OSi/c1-10-41(5,6)23-29-22-36-31-14-12-11-13-30(31)32-19-16-28-17-20-33-34-18-15-25(2)43-40(34)45-39(33)38(28)27(4)42-26(3)21-35(32)44(36)24-37(29)46(7,8)9/h11-15,17-18,20,22,24,32,35H,3,10,16,19,21,23H2,1-2,4-9H3/q+1. The monoisotopic (exact) mass is 626 g/mol. The average Bonchev–Trinajstić information content (AvgIpc) is 3.36. The molecule has 0 saturated carbocycles. The van der Waals surface area contributed by atoms with Crippen LogP contribution in [0.4, 0.5) is 0 Å². The van der Waals surface area contributed by atoms with Crippen molar-refractivity contribution in [3.63, 3.8) is 0 Å². The van der Waals surface area contributed by atoms with Gasteiger partial charge in [-0.15, -0.1) is 0 Å². The summed E-state index contributed by atoms with van der Waals surface area (Å²) >= 11 is 0. The number of aliphatic imine (C=N–C) groups is 1. The van der Waals surface area contributed by atoms with Crippen molar-refractivity contribution in [2.75, 3.05) is 0 Å². The van der Waals surface area contributed by atoms with Crippen molar-refractivity contribution in [1.29, 1.82) is 0 Å². The first-order chi connectivity index (χ1) is 21.8. The summed E-state index contributed by atoms with van der Waals surface area (Å²) in [6.45, 7) is 23.4. The summed E-state index contributed by atoms with van der Waals surface area (Å²) in [7, 11) is -1.64. The fourth-order valence-corrected chi connectivity index (χ4v) is 9.61. The van der Waals surface area contributed by atoms with Gasteiger partial charge in [-0.3, -0.25) is 4.99 Å². The largest absolute Gasteiger partial charge is 0.437 e. The van der Waals surface area contributed by atoms with Crippen LogP contribution in [0.1, 0.15) is 86.9 Å². The Labute approximate surface area is 275 Å². The van der Waals surface area contributed by atoms with Gasteiger partial charge in [-0.05, 0) is 73.4 Å². The molecule has 46 heavy (non-hydrogen) atoms. The second-order valence-electron chi connectivity index (χ2n) is 15.6. The number of allylic oxidation sites excluding steroid dienone is 1. The maximum atomic E-state index is 6.49. The van der Waals surface area contributed by atoms with Crippen LogP contribution in [0.5, 0.6) is 0 Å². The minimum absolute atomic E-state index is 0.251. The zero-order valence-corrected chi connectivity index (χ0v) is 29.9. The predicted octanol–water partition coefficient (Wildman–Crippen LogP) is 9.77. The van der Waals surface area contributed by atoms with E-state index in [2.05, 4.69) is 119 Å². The van der Waals surface area contributed by atoms with Crippen LogP contribution in [0.2, 0.25) is 19.6 Å². The molecule has 236 valence electrons. The summed E-state index contributed by atoms with van der Waals surface area (Å²) < 4.78 is 9.13. The second-order valence-corrected chi connectivity index (χ2v) is 20.6. The first-order valence-electron chi connectivity index (χ1n) is 17.1. The van der Waals surface area contributed by atoms with Gasteiger partial charge in [0, 0.05) is 56.2 Å². The lowest BCUT2D eigenvalue weighted by Gasteiger charge is -2.34. The van der Waals surface area contributed by atoms with Crippen molar-refractivity contribution in [1.82, 2.24) is 4.98 Å². The van der Waals surface area contributed by atoms with E-state index in [0.717, 1.165) is 64.7 Å². The van der Waals surface area contributed by atoms with E-state index in [1.165, 1.54) is 34.4 Å². The molecule has 0 bridgehead atoms. The Morgan fingerprint density at radius 3 is 2.54 bits per heavy atom. The highest BCUT2D eigenvalue weighted by molar-refractivity contribution is 6.89. The van der Waals surface area contributed by atoms with Gasteiger partial charge in [0.25, 0.3) is 0 Å². The highest BCUT2D eigenvalue weighted by atomic mass is 28.3. The van der Waals surface area contributed by atoms with E-state index in [9.17, 15) is 0 Å². The van der Waals surface area contributed by atoms with Crippen molar-refractivity contribution in [2.45, 2.75) is 98.3 Å². The van der Waals surface area contributed by atoms with E-state index in [1.807, 2.05) is 6.92 Å². The quantitative estimate of drug-likeness (QED) is 0.147. The molecular formula is C41H48N3OSi+. The maximum Gasteiger partial charge on any atom is 0.227 e. The Morgan fingerprint density at radius 1 is 1.02 bits per heavy atom. The number of aromatic nitrogens is 2. The number of pyridine rings is 2. The molecule has 5 heterocycles. The molecule has 2 aliphatic rings. The van der Waals surface area contributed by atoms with Crippen molar-refractivity contribution in [3.05, 3.63) is 101 Å². The molecule has 4 nitrogen and oxygen atoms in total. The summed E-state index contributed by atoms with van der Waals surface area (Å²) in [5.41, 5.74) is 12.8. The molecular weight excluding hydrogens is 579 g/mol. The van der Waals surface area contributed by atoms with E-state index in [1.54, 1.807) is 5.19 Å². The average molecular weight is 627 g/mol. The topological polar surface area (TPSA) is 42.3 Å². The van der Waals surface area contributed by atoms with E-state index < -0.39 is 8.07 Å². The molecule has 5 aromatic rings. The van der Waals surface area contributed by atoms with Crippen LogP contribution in [-0.4, -0.2) is 18.8 Å². The molecule has 0 radical (unpaired) electrons. The molecule has 2 unspecified atom stereocenters. The van der Waals surface area contributed by atoms with Crippen molar-refractivity contribution < 1.29 is 8.98 Å². The molecule has 0 N–H and O–H groups in total. The molecule has 0 fully saturated rings. The number of nitrogens with zero attached hydrogens (tertiary/aromatic N) is 3. The minimum atomic E-state index is -1.64. The van der Waals surface area contributed by atoms with Crippen molar-refractivity contribution in [2.24, 2.45) is 10.4 Å². The molecule has 0 saturated heterocycles. The van der Waals surface area contributed by atoms with Gasteiger partial charge >= 0.3 is 0 Å². The summed E-state index contributed by atoms with van der Waals surface area (Å²) in [6.07, 6.45) is 7.63. The molecule has 0 amide bonds. The highest BCUT2D eigenvalue weighted by Crippen LogP contribution is 2.45. The van der Waals surface area contributed by atoms with Gasteiger partial charge in [0.1, 0.15) is 5.58 Å². The van der Waals surface area contributed by atoms with Crippen LogP contribution in [0, 0.1) is 12.3 Å². The third kappa shape index (κ3) is 5.27. The summed E-state index contributed by atoms with van der Waals surface area (Å²) in [5.74, 6) is 0.343. The van der Waals surface area contributed by atoms with Gasteiger partial charge in [-0.1, -0.05) is 83.7 Å². The zero-order valence-electron chi connectivity index (χ0n) is 28.9. The van der Waals surface area contributed by atoms with Crippen LogP contribution in [0.3, 0.4) is 0 Å². The number of fused-ring (bicyclic) bond motifs is 11. The minimum Gasteiger partial charge on any atom is -0.437 e. The lowest BCUT2D eigenvalue weighted by Crippen LogP contribution is -2.54. The number of aryl methyl sites for hydroxylation is 2. The van der Waals surface area contributed by atoms with Crippen LogP contribution in [0.15, 0.2) is 82.5 Å². The normalized spacial score (nSPS) is 18.5. The van der Waals surface area contributed by atoms with Gasteiger partial charge < -0.3 is 4.42 Å². The lowest BCUT2D eigenvalue weighted by molar-refractivity contribution is -0.717. The van der Waals surface area contributed by atoms with Gasteiger partial charge in [-0.2, -0.15) is 4.57 Å². The molecule has 3 aromatic heterocycles. The Kier molecular flexibility index (Phi) is 7.47. The number of furan rings is 1. The van der Waals surface area contributed by atoms with Gasteiger partial charge in [0.05, 0.1) is 14.5 Å². The van der Waals surface area contributed by atoms with E-state index in [-0.39, 0.29) is 11.5 Å². The Hall–Kier alpha value is -3.83. The molecule has 0 spiro atoms. The summed E-state index contributed by atoms with van der Waals surface area (Å²) in [4.78, 5) is 9.93. The number of benzene rings is 2. The maximum absolute atomic E-state index is 6.49. The predicted molar refractivity (Wildman–Crippen MR) is 195 cm³/mol. The third-order valence-corrected chi connectivity index (χ3v) is 12.8. The fraction of sp³-hybridized carbons (Fsp3) is 0.390. The van der Waals surface area contributed by atoms with Gasteiger partial charge in [-0.25, -0.2) is 4.98 Å². The van der Waals surface area contributed by atoms with Crippen LogP contribution < -0.4 is 9.75 Å². The van der Waals surface area contributed by atoms with Crippen molar-refractivity contribution in [3.8, 4) is 11.3 Å². The first-order valence-corrected chi connectivity index (χ1v) is 20.6. The molecule has 2 atom stereocenters. The molecule has 0 aliphatic carbocycles. The summed E-state index contributed by atoms with van der Waals surface area (Å²) in [5, 5.41) is 3.74. The second kappa shape index (κ2) is 11.2. The third-order valence-electron chi connectivity index (χ3n) is 10.7. The number of rotatable bonds is 4. The van der Waals surface area contributed by atoms with Crippen LogP contribution >= 0.6 is 0 Å². The SMILES string of the molecule is C=C1CC2C(CCc3ccc4c(oc5nc(C)ccc54)c3C(C)=N1)c1ccccc1-c1cc(CC(C)(C)CC)c([Si](C)(C)C)c[n+]12. The van der Waals surface area contributed by atoms with Crippen LogP contribution in [-0.2, 0) is 12.8 Å². The van der Waals surface area contributed by atoms with E-state index >= 15 is 0 Å². The highest BCUT2D eigenvalue weighted by Gasteiger charge is 2.42. The molecule has 2 aromatic carbocycles. The molecule has 5 heteroatoms. The van der Waals surface area contributed by atoms with E-state index in [4.69, 9.17) is 14.4 Å². The molecule has 7 rings (SSSR count). The number of hydrogen-bond donors (Lipinski definition) is 0.